The van der Waals surface area contributed by atoms with Crippen LogP contribution in [0.1, 0.15) is 40.9 Å². The third-order valence-electron chi connectivity index (χ3n) is 5.66. The zero-order valence-electron chi connectivity index (χ0n) is 17.0. The Hall–Kier alpha value is -4.25. The maximum Gasteiger partial charge on any atom is 0.255 e. The van der Waals surface area contributed by atoms with Gasteiger partial charge in [-0.25, -0.2) is 4.39 Å². The third-order valence-corrected chi connectivity index (χ3v) is 5.66. The molecule has 2 N–H and O–H groups in total. The molecule has 3 aromatic rings. The maximum absolute atomic E-state index is 13.1. The summed E-state index contributed by atoms with van der Waals surface area (Å²) in [5, 5.41) is 27.2. The van der Waals surface area contributed by atoms with Gasteiger partial charge in [-0.1, -0.05) is 12.5 Å². The van der Waals surface area contributed by atoms with E-state index in [4.69, 9.17) is 5.26 Å². The van der Waals surface area contributed by atoms with E-state index in [9.17, 15) is 19.2 Å². The Bertz CT molecular complexity index is 1230. The van der Waals surface area contributed by atoms with E-state index >= 15 is 0 Å². The van der Waals surface area contributed by atoms with Gasteiger partial charge in [-0.2, -0.15) is 9.99 Å². The number of amides is 2. The molecule has 1 aliphatic carbocycles. The molecule has 32 heavy (non-hydrogen) atoms. The second kappa shape index (κ2) is 8.47. The fraction of sp³-hybridized carbons (Fsp3) is 0.167. The number of halogens is 1. The Morgan fingerprint density at radius 2 is 1.75 bits per heavy atom. The van der Waals surface area contributed by atoms with Gasteiger partial charge in [0.05, 0.1) is 11.6 Å². The molecule has 2 amide bonds. The summed E-state index contributed by atoms with van der Waals surface area (Å²) >= 11 is 0. The van der Waals surface area contributed by atoms with Gasteiger partial charge in [0, 0.05) is 17.3 Å². The number of hydrogen-bond donors (Lipinski definition) is 2. The number of nitriles is 1. The summed E-state index contributed by atoms with van der Waals surface area (Å²) in [7, 11) is 0. The average molecular weight is 430 g/mol. The van der Waals surface area contributed by atoms with E-state index in [-0.39, 0.29) is 17.3 Å². The second-order valence-corrected chi connectivity index (χ2v) is 7.67. The standard InChI is InChI=1S/C24H19FN4O3/c25-18-5-7-19(8-6-18)28-23(31)24(11-2-12-24)21-10-9-20(15-29(21)32)27-22(30)17-4-1-3-16(13-17)14-26/h1,3-10,13,15H,2,11-12H2,(H,27,30)(H,28,31). The SMILES string of the molecule is N#Cc1cccc(C(=O)Nc2ccc(C3(C(=O)Nc4ccc(F)cc4)CCC3)[n+]([O-])c2)c1. The Kier molecular flexibility index (Phi) is 5.56. The first-order valence-corrected chi connectivity index (χ1v) is 10.0. The van der Waals surface area contributed by atoms with Gasteiger partial charge < -0.3 is 15.8 Å². The molecule has 1 aromatic heterocycles. The van der Waals surface area contributed by atoms with E-state index in [1.165, 1.54) is 42.6 Å². The highest BCUT2D eigenvalue weighted by Gasteiger charge is 2.51. The maximum atomic E-state index is 13.1. The summed E-state index contributed by atoms with van der Waals surface area (Å²) in [6.45, 7) is 0. The van der Waals surface area contributed by atoms with E-state index in [0.29, 0.717) is 34.4 Å². The van der Waals surface area contributed by atoms with Crippen molar-refractivity contribution in [2.75, 3.05) is 10.6 Å². The van der Waals surface area contributed by atoms with Crippen LogP contribution in [0.25, 0.3) is 0 Å². The highest BCUT2D eigenvalue weighted by atomic mass is 19.1. The van der Waals surface area contributed by atoms with Gasteiger partial charge >= 0.3 is 0 Å². The molecule has 1 saturated carbocycles. The number of aromatic nitrogens is 1. The molecule has 2 aromatic carbocycles. The number of benzene rings is 2. The second-order valence-electron chi connectivity index (χ2n) is 7.67. The first-order chi connectivity index (χ1) is 15.4. The van der Waals surface area contributed by atoms with Crippen LogP contribution in [0.5, 0.6) is 0 Å². The van der Waals surface area contributed by atoms with Gasteiger partial charge in [0.15, 0.2) is 0 Å². The van der Waals surface area contributed by atoms with Crippen LogP contribution in [0.3, 0.4) is 0 Å². The molecule has 1 fully saturated rings. The molecule has 0 radical (unpaired) electrons. The van der Waals surface area contributed by atoms with E-state index in [2.05, 4.69) is 10.6 Å². The molecule has 0 saturated heterocycles. The summed E-state index contributed by atoms with van der Waals surface area (Å²) in [6.07, 6.45) is 3.03. The average Bonchev–Trinajstić information content (AvgIpc) is 2.76. The highest BCUT2D eigenvalue weighted by Crippen LogP contribution is 2.43. The normalized spacial score (nSPS) is 14.0. The molecule has 0 bridgehead atoms. The lowest BCUT2D eigenvalue weighted by atomic mass is 9.65. The number of anilines is 2. The number of pyridine rings is 1. The van der Waals surface area contributed by atoms with Crippen LogP contribution in [-0.4, -0.2) is 11.8 Å². The first kappa shape index (κ1) is 21.0. The monoisotopic (exact) mass is 430 g/mol. The van der Waals surface area contributed by atoms with Crippen molar-refractivity contribution < 1.29 is 18.7 Å². The van der Waals surface area contributed by atoms with E-state index in [0.717, 1.165) is 6.42 Å². The van der Waals surface area contributed by atoms with Crippen LogP contribution in [0.4, 0.5) is 15.8 Å². The van der Waals surface area contributed by atoms with Crippen LogP contribution in [0, 0.1) is 22.4 Å². The highest BCUT2D eigenvalue weighted by molar-refractivity contribution is 6.04. The van der Waals surface area contributed by atoms with Crippen LogP contribution in [0.2, 0.25) is 0 Å². The van der Waals surface area contributed by atoms with Gasteiger partial charge in [-0.3, -0.25) is 9.59 Å². The fourth-order valence-corrected chi connectivity index (χ4v) is 3.77. The summed E-state index contributed by atoms with van der Waals surface area (Å²) in [5.41, 5.74) is 0.659. The molecular weight excluding hydrogens is 411 g/mol. The van der Waals surface area contributed by atoms with Crippen molar-refractivity contribution in [1.29, 1.82) is 5.26 Å². The predicted octanol–water partition coefficient (Wildman–Crippen LogP) is 3.64. The molecule has 1 heterocycles. The lowest BCUT2D eigenvalue weighted by Crippen LogP contribution is -2.53. The van der Waals surface area contributed by atoms with Gasteiger partial charge in [0.2, 0.25) is 17.8 Å². The van der Waals surface area contributed by atoms with Crippen molar-refractivity contribution in [3.05, 3.63) is 94.7 Å². The minimum atomic E-state index is -0.986. The van der Waals surface area contributed by atoms with Gasteiger partial charge in [0.25, 0.3) is 5.91 Å². The van der Waals surface area contributed by atoms with Crippen molar-refractivity contribution in [2.24, 2.45) is 0 Å². The lowest BCUT2D eigenvalue weighted by Gasteiger charge is -2.38. The minimum Gasteiger partial charge on any atom is -0.618 e. The zero-order chi connectivity index (χ0) is 22.7. The number of rotatable bonds is 5. The van der Waals surface area contributed by atoms with E-state index in [1.54, 1.807) is 24.3 Å². The molecule has 0 unspecified atom stereocenters. The van der Waals surface area contributed by atoms with Crippen molar-refractivity contribution in [3.63, 3.8) is 0 Å². The number of nitrogens with zero attached hydrogens (tertiary/aromatic N) is 2. The number of hydrogen-bond acceptors (Lipinski definition) is 4. The summed E-state index contributed by atoms with van der Waals surface area (Å²) in [6, 6.07) is 16.7. The Labute approximate surface area is 183 Å². The molecule has 0 aliphatic heterocycles. The lowest BCUT2D eigenvalue weighted by molar-refractivity contribution is -0.617. The minimum absolute atomic E-state index is 0.268. The number of carbonyl (C=O) groups excluding carboxylic acids is 2. The summed E-state index contributed by atoms with van der Waals surface area (Å²) < 4.78 is 13.7. The molecule has 4 rings (SSSR count). The smallest absolute Gasteiger partial charge is 0.255 e. The topological polar surface area (TPSA) is 109 Å². The summed E-state index contributed by atoms with van der Waals surface area (Å²) in [4.78, 5) is 25.5. The molecular formula is C24H19FN4O3. The van der Waals surface area contributed by atoms with Crippen molar-refractivity contribution in [3.8, 4) is 6.07 Å². The number of carbonyl (C=O) groups is 2. The molecule has 160 valence electrons. The number of nitrogens with one attached hydrogen (secondary N) is 2. The zero-order valence-corrected chi connectivity index (χ0v) is 17.0. The van der Waals surface area contributed by atoms with E-state index < -0.39 is 17.1 Å². The van der Waals surface area contributed by atoms with Crippen LogP contribution in [-0.2, 0) is 10.2 Å². The fourth-order valence-electron chi connectivity index (χ4n) is 3.77. The van der Waals surface area contributed by atoms with Crippen molar-refractivity contribution in [2.45, 2.75) is 24.7 Å². The van der Waals surface area contributed by atoms with Gasteiger partial charge in [-0.15, -0.1) is 0 Å². The molecule has 7 nitrogen and oxygen atoms in total. The molecule has 0 atom stereocenters. The van der Waals surface area contributed by atoms with Crippen LogP contribution < -0.4 is 15.4 Å². The third kappa shape index (κ3) is 4.01. The van der Waals surface area contributed by atoms with Gasteiger partial charge in [0.1, 0.15) is 16.9 Å². The summed E-state index contributed by atoms with van der Waals surface area (Å²) in [5.74, 6) is -1.19. The first-order valence-electron chi connectivity index (χ1n) is 10.0. The van der Waals surface area contributed by atoms with Gasteiger partial charge in [-0.05, 0) is 61.4 Å². The quantitative estimate of drug-likeness (QED) is 0.476. The Balaban J connectivity index is 1.53. The Morgan fingerprint density at radius 1 is 1.03 bits per heavy atom. The van der Waals surface area contributed by atoms with Crippen LogP contribution >= 0.6 is 0 Å². The van der Waals surface area contributed by atoms with Crippen molar-refractivity contribution >= 4 is 23.2 Å². The predicted molar refractivity (Wildman–Crippen MR) is 115 cm³/mol. The van der Waals surface area contributed by atoms with Crippen LogP contribution in [0.15, 0.2) is 66.9 Å². The molecule has 0 spiro atoms. The van der Waals surface area contributed by atoms with E-state index in [1.807, 2.05) is 6.07 Å². The van der Waals surface area contributed by atoms with Crippen molar-refractivity contribution in [1.82, 2.24) is 0 Å². The Morgan fingerprint density at radius 3 is 2.38 bits per heavy atom. The molecule has 1 aliphatic rings. The molecule has 8 heteroatoms. The largest absolute Gasteiger partial charge is 0.618 e.